The molecule has 3 rings (SSSR count). The van der Waals surface area contributed by atoms with Crippen molar-refractivity contribution in [1.29, 1.82) is 0 Å². The molecule has 0 aromatic heterocycles. The normalized spacial score (nSPS) is 24.4. The van der Waals surface area contributed by atoms with Crippen molar-refractivity contribution >= 4 is 11.6 Å². The van der Waals surface area contributed by atoms with Gasteiger partial charge in [0.15, 0.2) is 0 Å². The third-order valence-corrected chi connectivity index (χ3v) is 4.57. The number of rotatable bonds is 2. The second-order valence-corrected chi connectivity index (χ2v) is 5.85. The van der Waals surface area contributed by atoms with Crippen molar-refractivity contribution in [1.82, 2.24) is 10.2 Å². The van der Waals surface area contributed by atoms with E-state index in [0.717, 1.165) is 44.8 Å². The maximum absolute atomic E-state index is 12.7. The van der Waals surface area contributed by atoms with E-state index in [4.69, 9.17) is 0 Å². The van der Waals surface area contributed by atoms with Gasteiger partial charge in [0, 0.05) is 38.4 Å². The van der Waals surface area contributed by atoms with Crippen LogP contribution in [-0.2, 0) is 4.79 Å². The Bertz CT molecular complexity index is 508. The van der Waals surface area contributed by atoms with Crippen LogP contribution >= 0.6 is 0 Å². The molecule has 2 aliphatic heterocycles. The lowest BCUT2D eigenvalue weighted by Gasteiger charge is -2.31. The number of hydrogen-bond acceptors (Lipinski definition) is 3. The number of carbonyl (C=O) groups is 1. The van der Waals surface area contributed by atoms with Crippen molar-refractivity contribution in [2.24, 2.45) is 0 Å². The highest BCUT2D eigenvalue weighted by molar-refractivity contribution is 5.99. The molecule has 1 aromatic rings. The number of carbonyl (C=O) groups excluding carboxylic acids is 1. The predicted octanol–water partition coefficient (Wildman–Crippen LogP) is 1.31. The fraction of sp³-hybridized carbons (Fsp3) is 0.562. The van der Waals surface area contributed by atoms with Crippen LogP contribution < -0.4 is 10.2 Å². The van der Waals surface area contributed by atoms with Crippen LogP contribution in [0.1, 0.15) is 17.5 Å². The van der Waals surface area contributed by atoms with Gasteiger partial charge in [-0.2, -0.15) is 0 Å². The highest BCUT2D eigenvalue weighted by Crippen LogP contribution is 2.26. The lowest BCUT2D eigenvalue weighted by atomic mass is 10.1. The van der Waals surface area contributed by atoms with Gasteiger partial charge in [-0.1, -0.05) is 6.07 Å². The summed E-state index contributed by atoms with van der Waals surface area (Å²) in [6, 6.07) is 6.39. The number of aryl methyl sites for hydroxylation is 2. The minimum Gasteiger partial charge on any atom is -0.314 e. The zero-order valence-corrected chi connectivity index (χ0v) is 12.4. The van der Waals surface area contributed by atoms with Crippen molar-refractivity contribution in [3.05, 3.63) is 29.3 Å². The molecular weight excluding hydrogens is 250 g/mol. The summed E-state index contributed by atoms with van der Waals surface area (Å²) >= 11 is 0. The topological polar surface area (TPSA) is 35.6 Å². The average molecular weight is 273 g/mol. The Morgan fingerprint density at radius 1 is 1.10 bits per heavy atom. The molecule has 1 amide bonds. The summed E-state index contributed by atoms with van der Waals surface area (Å²) < 4.78 is 0. The number of amides is 1. The van der Waals surface area contributed by atoms with Crippen molar-refractivity contribution in [2.45, 2.75) is 26.3 Å². The summed E-state index contributed by atoms with van der Waals surface area (Å²) in [6.07, 6.45) is 0.950. The standard InChI is InChI=1S/C16H23N3O/c1-12-3-4-14(11-13(12)2)19-8-5-15(16(19)20)18-9-6-17-7-10-18/h3-4,11,15,17H,5-10H2,1-2H3. The molecule has 1 unspecified atom stereocenters. The van der Waals surface area contributed by atoms with Crippen molar-refractivity contribution < 1.29 is 4.79 Å². The molecule has 2 fully saturated rings. The van der Waals surface area contributed by atoms with E-state index in [0.29, 0.717) is 0 Å². The summed E-state index contributed by atoms with van der Waals surface area (Å²) in [5.41, 5.74) is 3.58. The van der Waals surface area contributed by atoms with E-state index in [2.05, 4.69) is 42.3 Å². The second-order valence-electron chi connectivity index (χ2n) is 5.85. The number of anilines is 1. The van der Waals surface area contributed by atoms with Gasteiger partial charge in [-0.05, 0) is 43.5 Å². The Morgan fingerprint density at radius 2 is 1.85 bits per heavy atom. The monoisotopic (exact) mass is 273 g/mol. The highest BCUT2D eigenvalue weighted by Gasteiger charge is 2.36. The molecule has 4 heteroatoms. The van der Waals surface area contributed by atoms with E-state index in [9.17, 15) is 4.79 Å². The van der Waals surface area contributed by atoms with Crippen LogP contribution in [0.4, 0.5) is 5.69 Å². The van der Waals surface area contributed by atoms with E-state index >= 15 is 0 Å². The SMILES string of the molecule is Cc1ccc(N2CCC(N3CCNCC3)C2=O)cc1C. The van der Waals surface area contributed by atoms with Crippen LogP contribution in [0, 0.1) is 13.8 Å². The van der Waals surface area contributed by atoms with Crippen LogP contribution in [0.2, 0.25) is 0 Å². The molecule has 2 heterocycles. The van der Waals surface area contributed by atoms with Crippen LogP contribution in [0.15, 0.2) is 18.2 Å². The van der Waals surface area contributed by atoms with Crippen LogP contribution in [0.5, 0.6) is 0 Å². The van der Waals surface area contributed by atoms with Gasteiger partial charge in [0.05, 0.1) is 6.04 Å². The zero-order valence-electron chi connectivity index (χ0n) is 12.4. The van der Waals surface area contributed by atoms with Gasteiger partial charge in [-0.25, -0.2) is 0 Å². The van der Waals surface area contributed by atoms with Crippen LogP contribution in [0.25, 0.3) is 0 Å². The molecule has 0 radical (unpaired) electrons. The third kappa shape index (κ3) is 2.45. The van der Waals surface area contributed by atoms with Crippen molar-refractivity contribution in [3.8, 4) is 0 Å². The Labute approximate surface area is 120 Å². The smallest absolute Gasteiger partial charge is 0.244 e. The first-order chi connectivity index (χ1) is 9.66. The minimum absolute atomic E-state index is 0.0821. The van der Waals surface area contributed by atoms with Crippen molar-refractivity contribution in [3.63, 3.8) is 0 Å². The van der Waals surface area contributed by atoms with Gasteiger partial charge in [0.1, 0.15) is 0 Å². The molecular formula is C16H23N3O. The molecule has 2 saturated heterocycles. The summed E-state index contributed by atoms with van der Waals surface area (Å²) in [6.45, 7) is 9.01. The molecule has 108 valence electrons. The van der Waals surface area contributed by atoms with Gasteiger partial charge in [0.25, 0.3) is 0 Å². The van der Waals surface area contributed by atoms with E-state index in [1.807, 2.05) is 4.90 Å². The molecule has 4 nitrogen and oxygen atoms in total. The van der Waals surface area contributed by atoms with E-state index in [1.54, 1.807) is 0 Å². The second kappa shape index (κ2) is 5.54. The summed E-state index contributed by atoms with van der Waals surface area (Å²) in [5.74, 6) is 0.273. The van der Waals surface area contributed by atoms with Crippen LogP contribution in [0.3, 0.4) is 0 Å². The van der Waals surface area contributed by atoms with Gasteiger partial charge in [-0.15, -0.1) is 0 Å². The number of benzene rings is 1. The van der Waals surface area contributed by atoms with E-state index in [-0.39, 0.29) is 11.9 Å². The fourth-order valence-electron chi connectivity index (χ4n) is 3.15. The fourth-order valence-corrected chi connectivity index (χ4v) is 3.15. The minimum atomic E-state index is 0.0821. The number of nitrogens with one attached hydrogen (secondary N) is 1. The molecule has 0 spiro atoms. The largest absolute Gasteiger partial charge is 0.314 e. The van der Waals surface area contributed by atoms with Gasteiger partial charge >= 0.3 is 0 Å². The molecule has 2 aliphatic rings. The maximum atomic E-state index is 12.7. The number of hydrogen-bond donors (Lipinski definition) is 1. The first kappa shape index (κ1) is 13.6. The molecule has 0 aliphatic carbocycles. The molecule has 20 heavy (non-hydrogen) atoms. The summed E-state index contributed by atoms with van der Waals surface area (Å²) in [5, 5.41) is 3.34. The van der Waals surface area contributed by atoms with E-state index < -0.39 is 0 Å². The van der Waals surface area contributed by atoms with Crippen LogP contribution in [-0.4, -0.2) is 49.6 Å². The quantitative estimate of drug-likeness (QED) is 0.882. The molecule has 0 saturated carbocycles. The summed E-state index contributed by atoms with van der Waals surface area (Å²) in [4.78, 5) is 17.0. The van der Waals surface area contributed by atoms with E-state index in [1.165, 1.54) is 11.1 Å². The maximum Gasteiger partial charge on any atom is 0.244 e. The Kier molecular flexibility index (Phi) is 3.76. The molecule has 0 bridgehead atoms. The predicted molar refractivity (Wildman–Crippen MR) is 81.1 cm³/mol. The van der Waals surface area contributed by atoms with Gasteiger partial charge in [-0.3, -0.25) is 9.69 Å². The molecule has 1 N–H and O–H groups in total. The zero-order chi connectivity index (χ0) is 14.1. The lowest BCUT2D eigenvalue weighted by Crippen LogP contribution is -2.51. The molecule has 1 atom stereocenters. The Hall–Kier alpha value is -1.39. The average Bonchev–Trinajstić information content (AvgIpc) is 2.85. The van der Waals surface area contributed by atoms with Gasteiger partial charge < -0.3 is 10.2 Å². The third-order valence-electron chi connectivity index (χ3n) is 4.57. The first-order valence-corrected chi connectivity index (χ1v) is 7.50. The first-order valence-electron chi connectivity index (χ1n) is 7.50. The lowest BCUT2D eigenvalue weighted by molar-refractivity contribution is -0.121. The Balaban J connectivity index is 1.76. The summed E-state index contributed by atoms with van der Waals surface area (Å²) in [7, 11) is 0. The number of piperazine rings is 1. The highest BCUT2D eigenvalue weighted by atomic mass is 16.2. The number of nitrogens with zero attached hydrogens (tertiary/aromatic N) is 2. The molecule has 1 aromatic carbocycles. The van der Waals surface area contributed by atoms with Gasteiger partial charge in [0.2, 0.25) is 5.91 Å². The van der Waals surface area contributed by atoms with Crippen molar-refractivity contribution in [2.75, 3.05) is 37.6 Å². The Morgan fingerprint density at radius 3 is 2.55 bits per heavy atom.